The molecule has 6 nitrogen and oxygen atoms in total. The summed E-state index contributed by atoms with van der Waals surface area (Å²) in [6.45, 7) is 6.62. The third kappa shape index (κ3) is 50.7. The summed E-state index contributed by atoms with van der Waals surface area (Å²) < 4.78 is 16.8. The van der Waals surface area contributed by atoms with Crippen LogP contribution in [0.25, 0.3) is 0 Å². The van der Waals surface area contributed by atoms with E-state index in [0.717, 1.165) is 77.0 Å². The number of rotatable bonds is 51. The minimum absolute atomic E-state index is 0.0723. The Morgan fingerprint density at radius 3 is 0.889 bits per heavy atom. The molecule has 370 valence electrons. The van der Waals surface area contributed by atoms with Gasteiger partial charge < -0.3 is 14.2 Å². The zero-order valence-electron chi connectivity index (χ0n) is 42.4. The molecule has 63 heavy (non-hydrogen) atoms. The monoisotopic (exact) mass is 887 g/mol. The summed E-state index contributed by atoms with van der Waals surface area (Å²) >= 11 is 0. The van der Waals surface area contributed by atoms with Crippen LogP contribution in [0.4, 0.5) is 0 Å². The molecule has 0 spiro atoms. The normalized spacial score (nSPS) is 12.1. The molecule has 0 bridgehead atoms. The van der Waals surface area contributed by atoms with Crippen molar-refractivity contribution in [2.75, 3.05) is 13.2 Å². The second-order valence-electron chi connectivity index (χ2n) is 18.9. The second-order valence-corrected chi connectivity index (χ2v) is 18.9. The lowest BCUT2D eigenvalue weighted by Crippen LogP contribution is -2.30. The Balaban J connectivity index is 4.20. The van der Waals surface area contributed by atoms with Crippen LogP contribution in [-0.4, -0.2) is 37.2 Å². The minimum atomic E-state index is -0.772. The van der Waals surface area contributed by atoms with E-state index in [9.17, 15) is 14.4 Å². The Kier molecular flexibility index (Phi) is 50.8. The number of unbranched alkanes of at least 4 members (excludes halogenated alkanes) is 36. The van der Waals surface area contributed by atoms with Crippen molar-refractivity contribution in [3.63, 3.8) is 0 Å². The molecule has 0 saturated carbocycles. The van der Waals surface area contributed by atoms with Gasteiger partial charge in [-0.05, 0) is 51.4 Å². The average Bonchev–Trinajstić information content (AvgIpc) is 3.28. The summed E-state index contributed by atoms with van der Waals surface area (Å²) in [5.41, 5.74) is 0. The minimum Gasteiger partial charge on any atom is -0.462 e. The predicted octanol–water partition coefficient (Wildman–Crippen LogP) is 18.3. The smallest absolute Gasteiger partial charge is 0.306 e. The van der Waals surface area contributed by atoms with E-state index >= 15 is 0 Å². The molecule has 0 radical (unpaired) electrons. The fraction of sp³-hybridized carbons (Fsp3) is 0.877. The third-order valence-corrected chi connectivity index (χ3v) is 12.5. The van der Waals surface area contributed by atoms with E-state index in [2.05, 4.69) is 45.1 Å². The number of carbonyl (C=O) groups excluding carboxylic acids is 3. The standard InChI is InChI=1S/C57H106O6/c1-4-7-10-13-16-19-21-23-25-27-28-29-30-31-33-34-36-38-41-44-47-50-56(59)62-53-54(52-61-55(58)49-46-43-40-18-15-12-9-6-3)63-57(60)51-48-45-42-39-37-35-32-26-24-22-20-17-14-11-8-5-2/h20,22,26,32,54H,4-19,21,23-25,27-31,33-53H2,1-3H3/b22-20-,32-26-. The highest BCUT2D eigenvalue weighted by atomic mass is 16.6. The molecule has 0 fully saturated rings. The van der Waals surface area contributed by atoms with E-state index in [0.29, 0.717) is 19.3 Å². The molecular formula is C57H106O6. The molecule has 0 saturated heterocycles. The van der Waals surface area contributed by atoms with Gasteiger partial charge in [-0.2, -0.15) is 0 Å². The van der Waals surface area contributed by atoms with E-state index < -0.39 is 6.10 Å². The Morgan fingerprint density at radius 1 is 0.317 bits per heavy atom. The maximum Gasteiger partial charge on any atom is 0.306 e. The van der Waals surface area contributed by atoms with E-state index in [-0.39, 0.29) is 31.1 Å². The van der Waals surface area contributed by atoms with Gasteiger partial charge >= 0.3 is 17.9 Å². The number of hydrogen-bond acceptors (Lipinski definition) is 6. The maximum absolute atomic E-state index is 12.8. The number of carbonyl (C=O) groups is 3. The summed E-state index contributed by atoms with van der Waals surface area (Å²) in [5, 5.41) is 0. The zero-order valence-corrected chi connectivity index (χ0v) is 42.4. The lowest BCUT2D eigenvalue weighted by Gasteiger charge is -2.18. The quantitative estimate of drug-likeness (QED) is 0.0262. The SMILES string of the molecule is CCCCCC/C=C\C/C=C\CCCCCCCC(=O)OC(COC(=O)CCCCCCCCCC)COC(=O)CCCCCCCCCCCCCCCCCCCCCCC. The molecule has 0 aliphatic heterocycles. The largest absolute Gasteiger partial charge is 0.462 e. The first-order valence-electron chi connectivity index (χ1n) is 27.8. The van der Waals surface area contributed by atoms with Crippen LogP contribution < -0.4 is 0 Å². The van der Waals surface area contributed by atoms with Crippen LogP contribution >= 0.6 is 0 Å². The van der Waals surface area contributed by atoms with Crippen molar-refractivity contribution >= 4 is 17.9 Å². The van der Waals surface area contributed by atoms with Crippen LogP contribution in [0.3, 0.4) is 0 Å². The van der Waals surface area contributed by atoms with E-state index in [1.165, 1.54) is 186 Å². The summed E-state index contributed by atoms with van der Waals surface area (Å²) in [6, 6.07) is 0. The van der Waals surface area contributed by atoms with Gasteiger partial charge in [0.05, 0.1) is 0 Å². The molecule has 0 heterocycles. The van der Waals surface area contributed by atoms with E-state index in [4.69, 9.17) is 14.2 Å². The van der Waals surface area contributed by atoms with Crippen molar-refractivity contribution in [3.05, 3.63) is 24.3 Å². The van der Waals surface area contributed by atoms with Crippen molar-refractivity contribution in [2.24, 2.45) is 0 Å². The zero-order chi connectivity index (χ0) is 45.8. The molecule has 0 aromatic heterocycles. The molecule has 1 unspecified atom stereocenters. The number of esters is 3. The molecule has 6 heteroatoms. The highest BCUT2D eigenvalue weighted by Crippen LogP contribution is 2.17. The van der Waals surface area contributed by atoms with Crippen molar-refractivity contribution in [2.45, 2.75) is 309 Å². The Labute approximate surface area is 392 Å². The third-order valence-electron chi connectivity index (χ3n) is 12.5. The topological polar surface area (TPSA) is 78.9 Å². The molecular weight excluding hydrogens is 781 g/mol. The molecule has 0 aliphatic carbocycles. The molecule has 0 rings (SSSR count). The number of allylic oxidation sites excluding steroid dienone is 4. The first-order valence-corrected chi connectivity index (χ1v) is 27.8. The lowest BCUT2D eigenvalue weighted by molar-refractivity contribution is -0.167. The summed E-state index contributed by atoms with van der Waals surface area (Å²) in [7, 11) is 0. The molecule has 0 aromatic carbocycles. The molecule has 0 N–H and O–H groups in total. The summed E-state index contributed by atoms with van der Waals surface area (Å²) in [4.78, 5) is 37.9. The van der Waals surface area contributed by atoms with Gasteiger partial charge in [0.15, 0.2) is 6.10 Å². The van der Waals surface area contributed by atoms with Crippen LogP contribution in [-0.2, 0) is 28.6 Å². The van der Waals surface area contributed by atoms with Gasteiger partial charge in [0.2, 0.25) is 0 Å². The van der Waals surface area contributed by atoms with Crippen molar-refractivity contribution in [3.8, 4) is 0 Å². The lowest BCUT2D eigenvalue weighted by atomic mass is 10.0. The maximum atomic E-state index is 12.8. The van der Waals surface area contributed by atoms with Crippen molar-refractivity contribution in [1.29, 1.82) is 0 Å². The second kappa shape index (κ2) is 52.5. The summed E-state index contributed by atoms with van der Waals surface area (Å²) in [5.74, 6) is -0.874. The van der Waals surface area contributed by atoms with E-state index in [1.807, 2.05) is 0 Å². The first-order chi connectivity index (χ1) is 31.0. The Bertz CT molecular complexity index is 1020. The number of ether oxygens (including phenoxy) is 3. The fourth-order valence-electron chi connectivity index (χ4n) is 8.24. The highest BCUT2D eigenvalue weighted by Gasteiger charge is 2.19. The van der Waals surface area contributed by atoms with Crippen LogP contribution in [0.1, 0.15) is 303 Å². The average molecular weight is 887 g/mol. The molecule has 0 aromatic rings. The van der Waals surface area contributed by atoms with Gasteiger partial charge in [-0.1, -0.05) is 257 Å². The van der Waals surface area contributed by atoms with Crippen LogP contribution in [0.5, 0.6) is 0 Å². The Morgan fingerprint density at radius 2 is 0.571 bits per heavy atom. The first kappa shape index (κ1) is 60.9. The molecule has 0 amide bonds. The van der Waals surface area contributed by atoms with Crippen LogP contribution in [0.15, 0.2) is 24.3 Å². The van der Waals surface area contributed by atoms with Gasteiger partial charge in [-0.15, -0.1) is 0 Å². The van der Waals surface area contributed by atoms with Gasteiger partial charge in [-0.25, -0.2) is 0 Å². The van der Waals surface area contributed by atoms with Crippen LogP contribution in [0.2, 0.25) is 0 Å². The highest BCUT2D eigenvalue weighted by molar-refractivity contribution is 5.71. The molecule has 0 aliphatic rings. The Hall–Kier alpha value is -2.11. The number of hydrogen-bond donors (Lipinski definition) is 0. The van der Waals surface area contributed by atoms with Gasteiger partial charge in [0.25, 0.3) is 0 Å². The van der Waals surface area contributed by atoms with Crippen molar-refractivity contribution < 1.29 is 28.6 Å². The van der Waals surface area contributed by atoms with Gasteiger partial charge in [0, 0.05) is 19.3 Å². The van der Waals surface area contributed by atoms with Crippen LogP contribution in [0, 0.1) is 0 Å². The molecule has 1 atom stereocenters. The van der Waals surface area contributed by atoms with Gasteiger partial charge in [0.1, 0.15) is 13.2 Å². The van der Waals surface area contributed by atoms with Gasteiger partial charge in [-0.3, -0.25) is 14.4 Å². The van der Waals surface area contributed by atoms with E-state index in [1.54, 1.807) is 0 Å². The predicted molar refractivity (Wildman–Crippen MR) is 270 cm³/mol. The fourth-order valence-corrected chi connectivity index (χ4v) is 8.24. The van der Waals surface area contributed by atoms with Crippen molar-refractivity contribution in [1.82, 2.24) is 0 Å². The summed E-state index contributed by atoms with van der Waals surface area (Å²) in [6.07, 6.45) is 60.4.